The lowest BCUT2D eigenvalue weighted by Gasteiger charge is -2.13. The number of fused-ring (bicyclic) bond motifs is 1. The predicted octanol–water partition coefficient (Wildman–Crippen LogP) is 4.95. The molecule has 0 saturated carbocycles. The summed E-state index contributed by atoms with van der Waals surface area (Å²) in [4.78, 5) is 13.9. The van der Waals surface area contributed by atoms with Gasteiger partial charge in [-0.3, -0.25) is 4.79 Å². The third-order valence-corrected chi connectivity index (χ3v) is 5.63. The molecule has 0 aliphatic heterocycles. The van der Waals surface area contributed by atoms with Gasteiger partial charge in [0.15, 0.2) is 0 Å². The van der Waals surface area contributed by atoms with Gasteiger partial charge in [-0.15, -0.1) is 11.3 Å². The zero-order chi connectivity index (χ0) is 14.1. The van der Waals surface area contributed by atoms with Gasteiger partial charge in [0.25, 0.3) is 5.91 Å². The summed E-state index contributed by atoms with van der Waals surface area (Å²) in [5.74, 6) is 0.000119. The molecule has 1 aromatic carbocycles. The molecule has 0 atom stereocenters. The van der Waals surface area contributed by atoms with Gasteiger partial charge >= 0.3 is 0 Å². The molecule has 2 aromatic rings. The van der Waals surface area contributed by atoms with E-state index in [1.807, 2.05) is 31.2 Å². The Morgan fingerprint density at radius 3 is 2.65 bits per heavy atom. The number of halogens is 1. The zero-order valence-corrected chi connectivity index (χ0v) is 13.7. The summed E-state index contributed by atoms with van der Waals surface area (Å²) < 4.78 is 0.967. The average molecular weight is 350 g/mol. The van der Waals surface area contributed by atoms with E-state index in [9.17, 15) is 4.79 Å². The fourth-order valence-corrected chi connectivity index (χ4v) is 4.70. The minimum absolute atomic E-state index is 0.000119. The summed E-state index contributed by atoms with van der Waals surface area (Å²) in [6.07, 6.45) is 4.55. The lowest BCUT2D eigenvalue weighted by molar-refractivity contribution is 0.102. The Kier molecular flexibility index (Phi) is 3.94. The van der Waals surface area contributed by atoms with Crippen molar-refractivity contribution in [2.45, 2.75) is 32.6 Å². The van der Waals surface area contributed by atoms with Crippen LogP contribution in [0.1, 0.15) is 39.2 Å². The largest absolute Gasteiger partial charge is 0.322 e. The number of carbonyl (C=O) groups is 1. The van der Waals surface area contributed by atoms with Gasteiger partial charge in [-0.2, -0.15) is 0 Å². The molecule has 1 aliphatic rings. The lowest BCUT2D eigenvalue weighted by Crippen LogP contribution is -2.15. The molecule has 20 heavy (non-hydrogen) atoms. The summed E-state index contributed by atoms with van der Waals surface area (Å²) in [5.41, 5.74) is 4.13. The quantitative estimate of drug-likeness (QED) is 0.816. The minimum atomic E-state index is 0.000119. The Balaban J connectivity index is 1.87. The number of carbonyl (C=O) groups excluding carboxylic acids is 1. The lowest BCUT2D eigenvalue weighted by atomic mass is 9.95. The highest BCUT2D eigenvalue weighted by molar-refractivity contribution is 9.11. The average Bonchev–Trinajstić information content (AvgIpc) is 2.77. The van der Waals surface area contributed by atoms with Crippen LogP contribution >= 0.6 is 27.3 Å². The summed E-state index contributed by atoms with van der Waals surface area (Å²) in [7, 11) is 0. The number of nitrogens with one attached hydrogen (secondary N) is 1. The maximum atomic E-state index is 12.5. The first-order chi connectivity index (χ1) is 9.65. The van der Waals surface area contributed by atoms with Crippen LogP contribution in [0.3, 0.4) is 0 Å². The van der Waals surface area contributed by atoms with Crippen molar-refractivity contribution in [3.05, 3.63) is 49.6 Å². The minimum Gasteiger partial charge on any atom is -0.322 e. The van der Waals surface area contributed by atoms with Crippen LogP contribution in [0.4, 0.5) is 5.69 Å². The Morgan fingerprint density at radius 2 is 1.90 bits per heavy atom. The molecule has 1 aliphatic carbocycles. The fraction of sp³-hybridized carbons (Fsp3) is 0.312. The summed E-state index contributed by atoms with van der Waals surface area (Å²) in [6, 6.07) is 7.90. The van der Waals surface area contributed by atoms with Gasteiger partial charge in [-0.25, -0.2) is 0 Å². The van der Waals surface area contributed by atoms with E-state index < -0.39 is 0 Å². The second kappa shape index (κ2) is 5.70. The van der Waals surface area contributed by atoms with Gasteiger partial charge in [0.2, 0.25) is 0 Å². The first kappa shape index (κ1) is 13.8. The van der Waals surface area contributed by atoms with Crippen molar-refractivity contribution in [1.82, 2.24) is 0 Å². The normalized spacial score (nSPS) is 13.9. The number of aryl methyl sites for hydroxylation is 2. The maximum Gasteiger partial charge on any atom is 0.257 e. The van der Waals surface area contributed by atoms with Crippen molar-refractivity contribution in [1.29, 1.82) is 0 Å². The number of thiophene rings is 1. The van der Waals surface area contributed by atoms with Crippen LogP contribution in [0.5, 0.6) is 0 Å². The smallest absolute Gasteiger partial charge is 0.257 e. The molecular formula is C16H16BrNOS. The van der Waals surface area contributed by atoms with E-state index in [1.54, 1.807) is 11.3 Å². The molecule has 1 amide bonds. The Bertz CT molecular complexity index is 645. The van der Waals surface area contributed by atoms with Gasteiger partial charge in [-0.1, -0.05) is 17.7 Å². The van der Waals surface area contributed by atoms with Crippen molar-refractivity contribution in [3.63, 3.8) is 0 Å². The molecule has 0 spiro atoms. The first-order valence-corrected chi connectivity index (χ1v) is 8.44. The van der Waals surface area contributed by atoms with Crippen molar-refractivity contribution in [3.8, 4) is 0 Å². The molecule has 0 fully saturated rings. The highest BCUT2D eigenvalue weighted by atomic mass is 79.9. The number of hydrogen-bond acceptors (Lipinski definition) is 2. The SMILES string of the molecule is Cc1ccc(NC(=O)c2c(Br)sc3c2CCCC3)cc1. The highest BCUT2D eigenvalue weighted by Gasteiger charge is 2.24. The fourth-order valence-electron chi connectivity index (χ4n) is 2.59. The van der Waals surface area contributed by atoms with Gasteiger partial charge in [-0.05, 0) is 66.2 Å². The maximum absolute atomic E-state index is 12.5. The van der Waals surface area contributed by atoms with E-state index in [2.05, 4.69) is 21.2 Å². The van der Waals surface area contributed by atoms with E-state index in [0.29, 0.717) is 0 Å². The molecule has 0 unspecified atom stereocenters. The Labute approximate surface area is 131 Å². The van der Waals surface area contributed by atoms with Crippen LogP contribution in [0.2, 0.25) is 0 Å². The molecule has 1 N–H and O–H groups in total. The second-order valence-corrected chi connectivity index (χ2v) is 7.60. The summed E-state index contributed by atoms with van der Waals surface area (Å²) >= 11 is 5.27. The Hall–Kier alpha value is -1.13. The van der Waals surface area contributed by atoms with Crippen molar-refractivity contribution < 1.29 is 4.79 Å². The van der Waals surface area contributed by atoms with Crippen molar-refractivity contribution >= 4 is 38.9 Å². The number of rotatable bonds is 2. The van der Waals surface area contributed by atoms with Crippen LogP contribution in [-0.2, 0) is 12.8 Å². The predicted molar refractivity (Wildman–Crippen MR) is 87.8 cm³/mol. The van der Waals surface area contributed by atoms with Crippen LogP contribution in [0, 0.1) is 6.92 Å². The molecule has 1 aromatic heterocycles. The molecule has 1 heterocycles. The summed E-state index contributed by atoms with van der Waals surface area (Å²) in [6.45, 7) is 2.04. The molecule has 0 radical (unpaired) electrons. The Morgan fingerprint density at radius 1 is 1.20 bits per heavy atom. The molecular weight excluding hydrogens is 334 g/mol. The van der Waals surface area contributed by atoms with Gasteiger partial charge in [0.1, 0.15) is 0 Å². The van der Waals surface area contributed by atoms with Crippen LogP contribution in [-0.4, -0.2) is 5.91 Å². The number of benzene rings is 1. The zero-order valence-electron chi connectivity index (χ0n) is 11.3. The third-order valence-electron chi connectivity index (χ3n) is 3.66. The number of amides is 1. The van der Waals surface area contributed by atoms with E-state index in [-0.39, 0.29) is 5.91 Å². The highest BCUT2D eigenvalue weighted by Crippen LogP contribution is 2.38. The van der Waals surface area contributed by atoms with Crippen LogP contribution in [0.15, 0.2) is 28.1 Å². The first-order valence-electron chi connectivity index (χ1n) is 6.83. The second-order valence-electron chi connectivity index (χ2n) is 5.18. The molecule has 4 heteroatoms. The van der Waals surface area contributed by atoms with Crippen LogP contribution < -0.4 is 5.32 Å². The van der Waals surface area contributed by atoms with Gasteiger partial charge in [0, 0.05) is 10.6 Å². The molecule has 104 valence electrons. The summed E-state index contributed by atoms with van der Waals surface area (Å²) in [5, 5.41) is 3.00. The van der Waals surface area contributed by atoms with Crippen molar-refractivity contribution in [2.24, 2.45) is 0 Å². The third kappa shape index (κ3) is 2.67. The molecule has 2 nitrogen and oxygen atoms in total. The molecule has 0 bridgehead atoms. The topological polar surface area (TPSA) is 29.1 Å². The molecule has 3 rings (SSSR count). The standard InChI is InChI=1S/C16H16BrNOS/c1-10-6-8-11(9-7-10)18-16(19)14-12-4-2-3-5-13(12)20-15(14)17/h6-9H,2-5H2,1H3,(H,18,19). The van der Waals surface area contributed by atoms with E-state index >= 15 is 0 Å². The number of hydrogen-bond donors (Lipinski definition) is 1. The monoisotopic (exact) mass is 349 g/mol. The van der Waals surface area contributed by atoms with Gasteiger partial charge in [0.05, 0.1) is 9.35 Å². The van der Waals surface area contributed by atoms with E-state index in [0.717, 1.165) is 27.9 Å². The number of anilines is 1. The van der Waals surface area contributed by atoms with E-state index in [1.165, 1.54) is 28.8 Å². The van der Waals surface area contributed by atoms with Crippen molar-refractivity contribution in [2.75, 3.05) is 5.32 Å². The van der Waals surface area contributed by atoms with Gasteiger partial charge < -0.3 is 5.32 Å². The van der Waals surface area contributed by atoms with E-state index in [4.69, 9.17) is 0 Å². The molecule has 0 saturated heterocycles. The van der Waals surface area contributed by atoms with Crippen LogP contribution in [0.25, 0.3) is 0 Å².